The monoisotopic (exact) mass is 202 g/mol. The second-order valence-electron chi connectivity index (χ2n) is 1.87. The third-order valence-electron chi connectivity index (χ3n) is 1.03. The Hall–Kier alpha value is -1.10. The van der Waals surface area contributed by atoms with Gasteiger partial charge in [-0.15, -0.1) is 11.3 Å². The molecule has 74 valence electrons. The molecule has 0 saturated carbocycles. The van der Waals surface area contributed by atoms with Gasteiger partial charge in [-0.2, -0.15) is 0 Å². The van der Waals surface area contributed by atoms with Crippen molar-refractivity contribution in [2.75, 3.05) is 12.4 Å². The summed E-state index contributed by atoms with van der Waals surface area (Å²) in [6.45, 7) is 5.87. The summed E-state index contributed by atoms with van der Waals surface area (Å²) < 4.78 is 4.38. The molecule has 0 saturated heterocycles. The van der Waals surface area contributed by atoms with Crippen molar-refractivity contribution in [3.63, 3.8) is 0 Å². The predicted octanol–water partition coefficient (Wildman–Crippen LogP) is 2.66. The van der Waals surface area contributed by atoms with E-state index in [0.29, 0.717) is 5.82 Å². The van der Waals surface area contributed by atoms with E-state index < -0.39 is 6.09 Å². The summed E-state index contributed by atoms with van der Waals surface area (Å²) in [5.41, 5.74) is 0. The molecule has 4 nitrogen and oxygen atoms in total. The summed E-state index contributed by atoms with van der Waals surface area (Å²) in [5, 5.41) is 5.12. The van der Waals surface area contributed by atoms with Gasteiger partial charge in [-0.3, -0.25) is 5.32 Å². The number of carbonyl (C=O) groups excluding carboxylic acids is 1. The average molecular weight is 202 g/mol. The second-order valence-corrected chi connectivity index (χ2v) is 2.93. The van der Waals surface area contributed by atoms with E-state index in [4.69, 9.17) is 0 Å². The minimum atomic E-state index is -0.490. The van der Waals surface area contributed by atoms with Gasteiger partial charge in [-0.05, 0) is 6.92 Å². The Bertz CT molecular complexity index is 260. The molecular formula is C8H14N2O2S. The zero-order valence-electron chi connectivity index (χ0n) is 8.25. The lowest BCUT2D eigenvalue weighted by Crippen LogP contribution is -2.10. The Labute approximate surface area is 81.9 Å². The van der Waals surface area contributed by atoms with E-state index in [1.54, 1.807) is 5.38 Å². The Kier molecular flexibility index (Phi) is 5.88. The normalized spacial score (nSPS) is 8.31. The number of ether oxygens (including phenoxy) is 1. The van der Waals surface area contributed by atoms with Crippen LogP contribution in [0.4, 0.5) is 10.6 Å². The highest BCUT2D eigenvalue weighted by molar-refractivity contribution is 7.09. The molecule has 0 spiro atoms. The van der Waals surface area contributed by atoms with Crippen molar-refractivity contribution in [3.05, 3.63) is 10.4 Å². The van der Waals surface area contributed by atoms with Crippen molar-refractivity contribution in [1.82, 2.24) is 4.98 Å². The van der Waals surface area contributed by atoms with Gasteiger partial charge in [-0.1, -0.05) is 13.8 Å². The van der Waals surface area contributed by atoms with Crippen LogP contribution in [-0.2, 0) is 4.74 Å². The first-order valence-electron chi connectivity index (χ1n) is 3.99. The van der Waals surface area contributed by atoms with Gasteiger partial charge in [0.1, 0.15) is 5.82 Å². The largest absolute Gasteiger partial charge is 0.453 e. The van der Waals surface area contributed by atoms with E-state index in [0.717, 1.165) is 5.01 Å². The first-order chi connectivity index (χ1) is 6.22. The molecule has 1 aromatic rings. The molecule has 0 unspecified atom stereocenters. The highest BCUT2D eigenvalue weighted by Gasteiger charge is 2.02. The van der Waals surface area contributed by atoms with Gasteiger partial charge in [-0.25, -0.2) is 9.78 Å². The second kappa shape index (κ2) is 6.42. The molecule has 1 aromatic heterocycles. The van der Waals surface area contributed by atoms with Crippen LogP contribution >= 0.6 is 11.3 Å². The molecule has 13 heavy (non-hydrogen) atoms. The van der Waals surface area contributed by atoms with Gasteiger partial charge in [0.25, 0.3) is 0 Å². The van der Waals surface area contributed by atoms with E-state index >= 15 is 0 Å². The number of aromatic nitrogens is 1. The van der Waals surface area contributed by atoms with E-state index in [1.807, 2.05) is 20.8 Å². The fourth-order valence-electron chi connectivity index (χ4n) is 0.576. The number of thiazole rings is 1. The van der Waals surface area contributed by atoms with Crippen molar-refractivity contribution in [3.8, 4) is 0 Å². The number of hydrogen-bond donors (Lipinski definition) is 1. The molecule has 0 atom stereocenters. The zero-order valence-corrected chi connectivity index (χ0v) is 9.07. The van der Waals surface area contributed by atoms with Crippen molar-refractivity contribution < 1.29 is 9.53 Å². The molecular weight excluding hydrogens is 188 g/mol. The maximum absolute atomic E-state index is 10.6. The molecule has 1 rings (SSSR count). The number of amides is 1. The molecule has 0 bridgehead atoms. The number of anilines is 1. The molecule has 0 aliphatic rings. The number of rotatable bonds is 1. The highest BCUT2D eigenvalue weighted by Crippen LogP contribution is 2.12. The van der Waals surface area contributed by atoms with Gasteiger partial charge >= 0.3 is 6.09 Å². The fourth-order valence-corrected chi connectivity index (χ4v) is 1.12. The molecule has 0 radical (unpaired) electrons. The number of nitrogens with one attached hydrogen (secondary N) is 1. The number of hydrogen-bond acceptors (Lipinski definition) is 4. The molecule has 5 heteroatoms. The van der Waals surface area contributed by atoms with Gasteiger partial charge in [0.2, 0.25) is 0 Å². The molecule has 0 aliphatic carbocycles. The summed E-state index contributed by atoms with van der Waals surface area (Å²) in [6, 6.07) is 0. The quantitative estimate of drug-likeness (QED) is 0.761. The number of nitrogens with zero attached hydrogens (tertiary/aromatic N) is 1. The van der Waals surface area contributed by atoms with Crippen molar-refractivity contribution in [2.24, 2.45) is 0 Å². The minimum absolute atomic E-state index is 0.490. The van der Waals surface area contributed by atoms with Crippen LogP contribution in [0.3, 0.4) is 0 Å². The van der Waals surface area contributed by atoms with Crippen molar-refractivity contribution in [1.29, 1.82) is 0 Å². The summed E-state index contributed by atoms with van der Waals surface area (Å²) >= 11 is 1.48. The smallest absolute Gasteiger partial charge is 0.412 e. The van der Waals surface area contributed by atoms with Crippen LogP contribution in [0.1, 0.15) is 18.9 Å². The first kappa shape index (κ1) is 11.9. The van der Waals surface area contributed by atoms with Gasteiger partial charge in [0.15, 0.2) is 0 Å². The lowest BCUT2D eigenvalue weighted by molar-refractivity contribution is 0.187. The van der Waals surface area contributed by atoms with Crippen LogP contribution in [0, 0.1) is 6.92 Å². The zero-order chi connectivity index (χ0) is 10.3. The fraction of sp³-hybridized carbons (Fsp3) is 0.500. The van der Waals surface area contributed by atoms with E-state index in [9.17, 15) is 4.79 Å². The minimum Gasteiger partial charge on any atom is -0.453 e. The lowest BCUT2D eigenvalue weighted by Gasteiger charge is -1.96. The molecule has 0 aromatic carbocycles. The summed E-state index contributed by atoms with van der Waals surface area (Å²) in [4.78, 5) is 14.6. The van der Waals surface area contributed by atoms with Crippen LogP contribution < -0.4 is 5.32 Å². The third kappa shape index (κ3) is 4.47. The van der Waals surface area contributed by atoms with E-state index in [1.165, 1.54) is 18.4 Å². The molecule has 1 heterocycles. The molecule has 1 N–H and O–H groups in total. The Morgan fingerprint density at radius 1 is 1.62 bits per heavy atom. The van der Waals surface area contributed by atoms with Crippen LogP contribution in [0.2, 0.25) is 0 Å². The van der Waals surface area contributed by atoms with Crippen LogP contribution in [-0.4, -0.2) is 18.2 Å². The summed E-state index contributed by atoms with van der Waals surface area (Å²) in [6.07, 6.45) is -0.490. The van der Waals surface area contributed by atoms with Gasteiger partial charge in [0.05, 0.1) is 12.1 Å². The van der Waals surface area contributed by atoms with Gasteiger partial charge < -0.3 is 4.74 Å². The molecule has 1 amide bonds. The topological polar surface area (TPSA) is 51.2 Å². The lowest BCUT2D eigenvalue weighted by atomic mass is 10.7. The van der Waals surface area contributed by atoms with Crippen molar-refractivity contribution >= 4 is 23.2 Å². The Morgan fingerprint density at radius 2 is 2.23 bits per heavy atom. The Morgan fingerprint density at radius 3 is 2.62 bits per heavy atom. The first-order valence-corrected chi connectivity index (χ1v) is 4.87. The average Bonchev–Trinajstić information content (AvgIpc) is 2.54. The molecule has 0 fully saturated rings. The van der Waals surface area contributed by atoms with E-state index in [2.05, 4.69) is 15.0 Å². The van der Waals surface area contributed by atoms with Crippen LogP contribution in [0.15, 0.2) is 5.38 Å². The maximum Gasteiger partial charge on any atom is 0.412 e. The highest BCUT2D eigenvalue weighted by atomic mass is 32.1. The molecule has 0 aliphatic heterocycles. The van der Waals surface area contributed by atoms with Crippen LogP contribution in [0.5, 0.6) is 0 Å². The number of methoxy groups -OCH3 is 1. The SMILES string of the molecule is CC.COC(=O)Nc1csc(C)n1. The Balaban J connectivity index is 0.000000671. The number of aryl methyl sites for hydroxylation is 1. The van der Waals surface area contributed by atoms with Gasteiger partial charge in [0, 0.05) is 5.38 Å². The van der Waals surface area contributed by atoms with Crippen molar-refractivity contribution in [2.45, 2.75) is 20.8 Å². The number of carbonyl (C=O) groups is 1. The maximum atomic E-state index is 10.6. The van der Waals surface area contributed by atoms with E-state index in [-0.39, 0.29) is 0 Å². The predicted molar refractivity (Wildman–Crippen MR) is 54.2 cm³/mol. The van der Waals surface area contributed by atoms with Crippen LogP contribution in [0.25, 0.3) is 0 Å². The standard InChI is InChI=1S/C6H8N2O2S.C2H6/c1-4-7-5(3-11-4)8-6(9)10-2;1-2/h3H,1-2H3,(H,8,9);1-2H3. The summed E-state index contributed by atoms with van der Waals surface area (Å²) in [7, 11) is 1.31. The third-order valence-corrected chi connectivity index (χ3v) is 1.81. The summed E-state index contributed by atoms with van der Waals surface area (Å²) in [5.74, 6) is 0.541.